The first kappa shape index (κ1) is 19.0. The van der Waals surface area contributed by atoms with Gasteiger partial charge in [0.1, 0.15) is 6.10 Å². The maximum atomic E-state index is 13.0. The van der Waals surface area contributed by atoms with Crippen LogP contribution in [-0.2, 0) is 11.8 Å². The lowest BCUT2D eigenvalue weighted by Crippen LogP contribution is -2.48. The Labute approximate surface area is 168 Å². The third-order valence-corrected chi connectivity index (χ3v) is 5.14. The minimum absolute atomic E-state index is 0.0527. The van der Waals surface area contributed by atoms with Crippen LogP contribution < -0.4 is 10.5 Å². The second-order valence-corrected chi connectivity index (χ2v) is 7.06. The minimum Gasteiger partial charge on any atom is -0.366 e. The third-order valence-electron chi connectivity index (χ3n) is 5.14. The van der Waals surface area contributed by atoms with E-state index in [1.807, 2.05) is 48.2 Å². The molecule has 0 aliphatic carbocycles. The number of benzene rings is 1. The zero-order valence-electron chi connectivity index (χ0n) is 16.4. The molecule has 4 rings (SSSR count). The van der Waals surface area contributed by atoms with Gasteiger partial charge in [0.05, 0.1) is 18.8 Å². The molecule has 0 amide bonds. The predicted molar refractivity (Wildman–Crippen MR) is 110 cm³/mol. The minimum atomic E-state index is -0.605. The maximum absolute atomic E-state index is 13.0. The molecule has 0 saturated carbocycles. The number of carbonyl (C=O) groups is 1. The molecule has 0 spiro atoms. The summed E-state index contributed by atoms with van der Waals surface area (Å²) in [6, 6.07) is 12.6. The van der Waals surface area contributed by atoms with E-state index >= 15 is 0 Å². The number of rotatable bonds is 4. The Morgan fingerprint density at radius 2 is 1.93 bits per heavy atom. The number of morpholine rings is 1. The van der Waals surface area contributed by atoms with Gasteiger partial charge in [-0.3, -0.25) is 19.1 Å². The zero-order chi connectivity index (χ0) is 20.4. The monoisotopic (exact) mass is 390 g/mol. The van der Waals surface area contributed by atoms with Crippen molar-refractivity contribution in [3.05, 3.63) is 76.3 Å². The summed E-state index contributed by atoms with van der Waals surface area (Å²) in [7, 11) is 1.69. The summed E-state index contributed by atoms with van der Waals surface area (Å²) in [5.74, 6) is 0.471. The van der Waals surface area contributed by atoms with Crippen molar-refractivity contribution in [2.75, 3.05) is 24.6 Å². The number of carbonyl (C=O) groups excluding carboxylic acids is 1. The van der Waals surface area contributed by atoms with Gasteiger partial charge in [-0.1, -0.05) is 24.3 Å². The zero-order valence-corrected chi connectivity index (χ0v) is 16.4. The maximum Gasteiger partial charge on any atom is 0.255 e. The Hall–Kier alpha value is -3.32. The van der Waals surface area contributed by atoms with Gasteiger partial charge in [0.15, 0.2) is 5.78 Å². The van der Waals surface area contributed by atoms with Crippen molar-refractivity contribution in [1.82, 2.24) is 14.5 Å². The van der Waals surface area contributed by atoms with E-state index in [4.69, 9.17) is 9.72 Å². The molecule has 1 aromatic carbocycles. The van der Waals surface area contributed by atoms with Crippen LogP contribution in [-0.4, -0.2) is 46.1 Å². The predicted octanol–water partition coefficient (Wildman–Crippen LogP) is 2.24. The molecule has 29 heavy (non-hydrogen) atoms. The number of aryl methyl sites for hydroxylation is 1. The largest absolute Gasteiger partial charge is 0.366 e. The van der Waals surface area contributed by atoms with Crippen molar-refractivity contribution in [3.8, 4) is 11.3 Å². The van der Waals surface area contributed by atoms with Gasteiger partial charge in [0.25, 0.3) is 5.56 Å². The lowest BCUT2D eigenvalue weighted by atomic mass is 10.0. The van der Waals surface area contributed by atoms with Crippen LogP contribution in [0.4, 0.5) is 5.95 Å². The number of pyridine rings is 1. The standard InChI is InChI=1S/C22H22N4O3/c1-15-5-3-4-6-17(15)21(28)19-14-26(11-12-29-19)22-24-18(13-20(27)25(22)2)16-7-9-23-10-8-16/h3-10,13,19H,11-12,14H2,1-2H3. The van der Waals surface area contributed by atoms with E-state index in [0.29, 0.717) is 36.9 Å². The fourth-order valence-electron chi connectivity index (χ4n) is 3.49. The van der Waals surface area contributed by atoms with Crippen LogP contribution in [0.25, 0.3) is 11.3 Å². The van der Waals surface area contributed by atoms with E-state index in [-0.39, 0.29) is 11.3 Å². The average molecular weight is 390 g/mol. The molecule has 1 unspecified atom stereocenters. The van der Waals surface area contributed by atoms with Crippen LogP contribution in [0.2, 0.25) is 0 Å². The molecular weight excluding hydrogens is 368 g/mol. The average Bonchev–Trinajstić information content (AvgIpc) is 2.76. The van der Waals surface area contributed by atoms with Crippen molar-refractivity contribution in [2.24, 2.45) is 7.05 Å². The Morgan fingerprint density at radius 1 is 1.17 bits per heavy atom. The van der Waals surface area contributed by atoms with Gasteiger partial charge in [-0.05, 0) is 24.6 Å². The SMILES string of the molecule is Cc1ccccc1C(=O)C1CN(c2nc(-c3ccncc3)cc(=O)n2C)CCO1. The summed E-state index contributed by atoms with van der Waals surface area (Å²) in [4.78, 5) is 36.2. The second kappa shape index (κ2) is 7.97. The molecule has 1 atom stereocenters. The van der Waals surface area contributed by atoms with Crippen LogP contribution in [0.1, 0.15) is 15.9 Å². The fraction of sp³-hybridized carbons (Fsp3) is 0.273. The van der Waals surface area contributed by atoms with Gasteiger partial charge in [-0.25, -0.2) is 4.98 Å². The Kier molecular flexibility index (Phi) is 5.22. The summed E-state index contributed by atoms with van der Waals surface area (Å²) < 4.78 is 7.28. The van der Waals surface area contributed by atoms with E-state index < -0.39 is 6.10 Å². The molecule has 7 nitrogen and oxygen atoms in total. The van der Waals surface area contributed by atoms with E-state index in [1.54, 1.807) is 19.4 Å². The molecule has 3 aromatic rings. The van der Waals surface area contributed by atoms with Crippen LogP contribution >= 0.6 is 0 Å². The van der Waals surface area contributed by atoms with Gasteiger partial charge >= 0.3 is 0 Å². The Morgan fingerprint density at radius 3 is 2.69 bits per heavy atom. The number of aromatic nitrogens is 3. The first-order valence-corrected chi connectivity index (χ1v) is 9.49. The smallest absolute Gasteiger partial charge is 0.255 e. The Balaban J connectivity index is 1.65. The highest BCUT2D eigenvalue weighted by atomic mass is 16.5. The Bertz CT molecular complexity index is 1090. The summed E-state index contributed by atoms with van der Waals surface area (Å²) in [6.45, 7) is 3.19. The van der Waals surface area contributed by atoms with E-state index in [0.717, 1.165) is 11.1 Å². The van der Waals surface area contributed by atoms with Gasteiger partial charge in [-0.15, -0.1) is 0 Å². The fourth-order valence-corrected chi connectivity index (χ4v) is 3.49. The normalized spacial score (nSPS) is 16.6. The molecule has 2 aromatic heterocycles. The molecule has 148 valence electrons. The van der Waals surface area contributed by atoms with Gasteiger partial charge < -0.3 is 9.64 Å². The van der Waals surface area contributed by atoms with E-state index in [9.17, 15) is 9.59 Å². The summed E-state index contributed by atoms with van der Waals surface area (Å²) in [6.07, 6.45) is 2.73. The first-order valence-electron chi connectivity index (χ1n) is 9.49. The molecule has 3 heterocycles. The van der Waals surface area contributed by atoms with Crippen LogP contribution in [0.3, 0.4) is 0 Å². The number of anilines is 1. The number of ether oxygens (including phenoxy) is 1. The van der Waals surface area contributed by atoms with Crippen molar-refractivity contribution < 1.29 is 9.53 Å². The molecule has 1 saturated heterocycles. The van der Waals surface area contributed by atoms with Gasteiger partial charge in [0, 0.05) is 43.2 Å². The summed E-state index contributed by atoms with van der Waals surface area (Å²) in [5.41, 5.74) is 2.82. The summed E-state index contributed by atoms with van der Waals surface area (Å²) >= 11 is 0. The highest BCUT2D eigenvalue weighted by Crippen LogP contribution is 2.21. The lowest BCUT2D eigenvalue weighted by Gasteiger charge is -2.34. The number of hydrogen-bond acceptors (Lipinski definition) is 6. The van der Waals surface area contributed by atoms with Crippen LogP contribution in [0.15, 0.2) is 59.7 Å². The van der Waals surface area contributed by atoms with Crippen LogP contribution in [0, 0.1) is 6.92 Å². The number of ketones is 1. The molecule has 7 heteroatoms. The molecule has 0 N–H and O–H groups in total. The number of hydrogen-bond donors (Lipinski definition) is 0. The summed E-state index contributed by atoms with van der Waals surface area (Å²) in [5, 5.41) is 0. The molecule has 1 aliphatic heterocycles. The molecular formula is C22H22N4O3. The highest BCUT2D eigenvalue weighted by Gasteiger charge is 2.30. The van der Waals surface area contributed by atoms with Crippen molar-refractivity contribution in [3.63, 3.8) is 0 Å². The van der Waals surface area contributed by atoms with E-state index in [1.165, 1.54) is 10.6 Å². The van der Waals surface area contributed by atoms with Crippen molar-refractivity contribution >= 4 is 11.7 Å². The van der Waals surface area contributed by atoms with Crippen LogP contribution in [0.5, 0.6) is 0 Å². The topological polar surface area (TPSA) is 77.3 Å². The number of Topliss-reactive ketones (excluding diaryl/α,β-unsaturated/α-hetero) is 1. The van der Waals surface area contributed by atoms with Crippen molar-refractivity contribution in [1.29, 1.82) is 0 Å². The van der Waals surface area contributed by atoms with Gasteiger partial charge in [-0.2, -0.15) is 0 Å². The quantitative estimate of drug-likeness (QED) is 0.636. The third kappa shape index (κ3) is 3.82. The number of nitrogens with zero attached hydrogens (tertiary/aromatic N) is 4. The van der Waals surface area contributed by atoms with E-state index in [2.05, 4.69) is 4.98 Å². The molecule has 0 bridgehead atoms. The molecule has 0 radical (unpaired) electrons. The molecule has 1 fully saturated rings. The lowest BCUT2D eigenvalue weighted by molar-refractivity contribution is 0.0336. The van der Waals surface area contributed by atoms with Gasteiger partial charge in [0.2, 0.25) is 5.95 Å². The highest BCUT2D eigenvalue weighted by molar-refractivity contribution is 6.01. The molecule has 1 aliphatic rings. The van der Waals surface area contributed by atoms with Crippen molar-refractivity contribution in [2.45, 2.75) is 13.0 Å². The first-order chi connectivity index (χ1) is 14.0. The second-order valence-electron chi connectivity index (χ2n) is 7.06.